The first kappa shape index (κ1) is 24.6. The molecule has 2 atom stereocenters. The molecule has 1 aliphatic carbocycles. The number of aliphatic hydroxyl groups is 1. The maximum atomic E-state index is 13.9. The molecule has 1 saturated carbocycles. The van der Waals surface area contributed by atoms with E-state index < -0.39 is 24.7 Å². The zero-order chi connectivity index (χ0) is 25.7. The lowest BCUT2D eigenvalue weighted by molar-refractivity contribution is -0.122. The summed E-state index contributed by atoms with van der Waals surface area (Å²) in [6.07, 6.45) is 1.04. The first-order valence-corrected chi connectivity index (χ1v) is 12.0. The number of hydrogen-bond donors (Lipinski definition) is 2. The van der Waals surface area contributed by atoms with E-state index in [4.69, 9.17) is 4.74 Å². The van der Waals surface area contributed by atoms with E-state index in [-0.39, 0.29) is 35.6 Å². The first-order valence-electron chi connectivity index (χ1n) is 12.0. The minimum Gasteiger partial charge on any atom is -0.388 e. The number of rotatable bonds is 5. The van der Waals surface area contributed by atoms with Gasteiger partial charge in [0.05, 0.1) is 41.3 Å². The predicted molar refractivity (Wildman–Crippen MR) is 124 cm³/mol. The van der Waals surface area contributed by atoms with Crippen molar-refractivity contribution in [2.24, 2.45) is 0 Å². The van der Waals surface area contributed by atoms with Crippen LogP contribution in [0.1, 0.15) is 50.9 Å². The second-order valence-electron chi connectivity index (χ2n) is 9.65. The molecule has 10 nitrogen and oxygen atoms in total. The molecule has 0 unspecified atom stereocenters. The second-order valence-corrected chi connectivity index (χ2v) is 9.65. The largest absolute Gasteiger partial charge is 0.405 e. The fourth-order valence-corrected chi connectivity index (χ4v) is 5.51. The van der Waals surface area contributed by atoms with Crippen LogP contribution in [-0.2, 0) is 21.6 Å². The van der Waals surface area contributed by atoms with Gasteiger partial charge in [-0.1, -0.05) is 12.8 Å². The Labute approximate surface area is 205 Å². The molecule has 3 aliphatic rings. The minimum atomic E-state index is -4.49. The number of amides is 1. The molecule has 2 fully saturated rings. The molecule has 2 N–H and O–H groups in total. The van der Waals surface area contributed by atoms with Crippen molar-refractivity contribution in [1.29, 1.82) is 0 Å². The molecule has 4 heterocycles. The lowest BCUT2D eigenvalue weighted by atomic mass is 9.80. The smallest absolute Gasteiger partial charge is 0.388 e. The molecule has 0 bridgehead atoms. The molecule has 2 aromatic heterocycles. The Morgan fingerprint density at radius 2 is 1.78 bits per heavy atom. The number of nitrogens with zero attached hydrogens (tertiary/aromatic N) is 6. The predicted octanol–water partition coefficient (Wildman–Crippen LogP) is 2.84. The van der Waals surface area contributed by atoms with Crippen LogP contribution < -0.4 is 15.1 Å². The number of carbonyl (C=O) groups excluding carboxylic acids is 1. The molecule has 1 saturated heterocycles. The number of aliphatic hydroxyl groups excluding tert-OH is 1. The average molecular weight is 508 g/mol. The maximum absolute atomic E-state index is 13.9. The van der Waals surface area contributed by atoms with Gasteiger partial charge in [-0.2, -0.15) is 13.2 Å². The Morgan fingerprint density at radius 1 is 1.14 bits per heavy atom. The monoisotopic (exact) mass is 507 g/mol. The van der Waals surface area contributed by atoms with E-state index >= 15 is 0 Å². The van der Waals surface area contributed by atoms with Gasteiger partial charge in [-0.15, -0.1) is 0 Å². The number of morpholine rings is 1. The zero-order valence-corrected chi connectivity index (χ0v) is 20.0. The fourth-order valence-electron chi connectivity index (χ4n) is 5.51. The summed E-state index contributed by atoms with van der Waals surface area (Å²) in [6, 6.07) is 0. The topological polar surface area (TPSA) is 117 Å². The van der Waals surface area contributed by atoms with Gasteiger partial charge in [0.1, 0.15) is 24.8 Å². The summed E-state index contributed by atoms with van der Waals surface area (Å²) in [5.74, 6) is 0.206. The quantitative estimate of drug-likeness (QED) is 0.630. The van der Waals surface area contributed by atoms with Crippen LogP contribution in [-0.4, -0.2) is 69.0 Å². The Kier molecular flexibility index (Phi) is 6.23. The Morgan fingerprint density at radius 3 is 2.36 bits per heavy atom. The van der Waals surface area contributed by atoms with Crippen LogP contribution in [0.15, 0.2) is 12.4 Å². The van der Waals surface area contributed by atoms with Gasteiger partial charge in [-0.25, -0.2) is 19.9 Å². The summed E-state index contributed by atoms with van der Waals surface area (Å²) in [7, 11) is 0. The standard InChI is InChI=1S/C23H28F3N7O3/c1-13-9-32(10-14(2)36-13)21-27-7-15(8-28-21)33-19-17(22(20(33)35)5-3-4-6-22)18(29-12-23(24,25)26)30-16(11-34)31-19/h7-8,13-14,34H,3-6,9-12H2,1-2H3,(H,29,30,31)/t13-,14+. The van der Waals surface area contributed by atoms with E-state index in [9.17, 15) is 23.1 Å². The van der Waals surface area contributed by atoms with Crippen molar-refractivity contribution in [2.45, 2.75) is 69.9 Å². The maximum Gasteiger partial charge on any atom is 0.405 e. The summed E-state index contributed by atoms with van der Waals surface area (Å²) < 4.78 is 44.9. The van der Waals surface area contributed by atoms with E-state index in [0.717, 1.165) is 12.8 Å². The molecule has 5 rings (SSSR count). The van der Waals surface area contributed by atoms with Gasteiger partial charge in [-0.05, 0) is 26.7 Å². The molecule has 1 amide bonds. The third-order valence-electron chi connectivity index (χ3n) is 6.88. The van der Waals surface area contributed by atoms with Crippen LogP contribution in [0.5, 0.6) is 0 Å². The summed E-state index contributed by atoms with van der Waals surface area (Å²) in [4.78, 5) is 34.7. The van der Waals surface area contributed by atoms with Gasteiger partial charge >= 0.3 is 6.18 Å². The van der Waals surface area contributed by atoms with E-state index in [0.29, 0.717) is 43.1 Å². The number of ether oxygens (including phenoxy) is 1. The molecular formula is C23H28F3N7O3. The highest BCUT2D eigenvalue weighted by Crippen LogP contribution is 2.54. The van der Waals surface area contributed by atoms with Crippen LogP contribution >= 0.6 is 0 Å². The Balaban J connectivity index is 1.55. The van der Waals surface area contributed by atoms with Gasteiger partial charge in [-0.3, -0.25) is 9.69 Å². The van der Waals surface area contributed by atoms with Gasteiger partial charge < -0.3 is 20.1 Å². The minimum absolute atomic E-state index is 0.0162. The molecule has 194 valence electrons. The van der Waals surface area contributed by atoms with Crippen molar-refractivity contribution in [3.05, 3.63) is 23.8 Å². The van der Waals surface area contributed by atoms with Gasteiger partial charge in [0, 0.05) is 13.1 Å². The number of hydrogen-bond acceptors (Lipinski definition) is 9. The first-order chi connectivity index (χ1) is 17.1. The number of anilines is 4. The van der Waals surface area contributed by atoms with Crippen molar-refractivity contribution in [2.75, 3.05) is 34.8 Å². The molecule has 36 heavy (non-hydrogen) atoms. The number of halogens is 3. The number of nitrogens with one attached hydrogen (secondary N) is 1. The van der Waals surface area contributed by atoms with Crippen LogP contribution in [0.4, 0.5) is 36.4 Å². The molecule has 2 aromatic rings. The van der Waals surface area contributed by atoms with E-state index in [1.807, 2.05) is 18.7 Å². The third kappa shape index (κ3) is 4.34. The lowest BCUT2D eigenvalue weighted by Crippen LogP contribution is -2.46. The van der Waals surface area contributed by atoms with Crippen LogP contribution in [0.25, 0.3) is 0 Å². The molecule has 1 spiro atoms. The van der Waals surface area contributed by atoms with E-state index in [2.05, 4.69) is 25.3 Å². The van der Waals surface area contributed by atoms with Crippen molar-refractivity contribution < 1.29 is 27.8 Å². The third-order valence-corrected chi connectivity index (χ3v) is 6.88. The van der Waals surface area contributed by atoms with Crippen molar-refractivity contribution in [3.63, 3.8) is 0 Å². The summed E-state index contributed by atoms with van der Waals surface area (Å²) in [6.45, 7) is 3.28. The van der Waals surface area contributed by atoms with E-state index in [1.54, 1.807) is 0 Å². The Hall–Kier alpha value is -3.06. The van der Waals surface area contributed by atoms with Crippen molar-refractivity contribution >= 4 is 29.2 Å². The molecule has 2 aliphatic heterocycles. The highest BCUT2D eigenvalue weighted by molar-refractivity contribution is 6.13. The van der Waals surface area contributed by atoms with Crippen LogP contribution in [0, 0.1) is 0 Å². The second kappa shape index (κ2) is 9.11. The highest BCUT2D eigenvalue weighted by atomic mass is 19.4. The van der Waals surface area contributed by atoms with Crippen molar-refractivity contribution in [1.82, 2.24) is 19.9 Å². The number of carbonyl (C=O) groups is 1. The zero-order valence-electron chi connectivity index (χ0n) is 20.0. The molecule has 13 heteroatoms. The van der Waals surface area contributed by atoms with Crippen molar-refractivity contribution in [3.8, 4) is 0 Å². The molecule has 0 aromatic carbocycles. The van der Waals surface area contributed by atoms with Gasteiger partial charge in [0.2, 0.25) is 11.9 Å². The highest BCUT2D eigenvalue weighted by Gasteiger charge is 2.56. The fraction of sp³-hybridized carbons (Fsp3) is 0.609. The number of fused-ring (bicyclic) bond motifs is 2. The van der Waals surface area contributed by atoms with Gasteiger partial charge in [0.25, 0.3) is 0 Å². The molecular weight excluding hydrogens is 479 g/mol. The normalized spacial score (nSPS) is 23.4. The lowest BCUT2D eigenvalue weighted by Gasteiger charge is -2.35. The van der Waals surface area contributed by atoms with Gasteiger partial charge in [0.15, 0.2) is 5.82 Å². The summed E-state index contributed by atoms with van der Waals surface area (Å²) >= 11 is 0. The van der Waals surface area contributed by atoms with Crippen LogP contribution in [0.2, 0.25) is 0 Å². The number of aromatic nitrogens is 4. The SMILES string of the molecule is C[C@@H]1CN(c2ncc(N3C(=O)C4(CCCC4)c4c(NCC(F)(F)F)nc(CO)nc43)cn2)C[C@H](C)O1. The Bertz CT molecular complexity index is 1130. The van der Waals surface area contributed by atoms with Crippen LogP contribution in [0.3, 0.4) is 0 Å². The average Bonchev–Trinajstić information content (AvgIpc) is 3.41. The summed E-state index contributed by atoms with van der Waals surface area (Å²) in [5.41, 5.74) is -0.343. The van der Waals surface area contributed by atoms with E-state index in [1.165, 1.54) is 17.3 Å². The number of alkyl halides is 3. The molecule has 0 radical (unpaired) electrons. The summed E-state index contributed by atoms with van der Waals surface area (Å²) in [5, 5.41) is 12.1.